The van der Waals surface area contributed by atoms with E-state index in [-0.39, 0.29) is 5.41 Å². The summed E-state index contributed by atoms with van der Waals surface area (Å²) in [5, 5.41) is 8.38. The molecule has 3 rings (SSSR count). The van der Waals surface area contributed by atoms with Crippen LogP contribution in [0.15, 0.2) is 36.4 Å². The maximum absolute atomic E-state index is 6.21. The van der Waals surface area contributed by atoms with Crippen LogP contribution in [0.3, 0.4) is 0 Å². The van der Waals surface area contributed by atoms with Crippen LogP contribution in [0.25, 0.3) is 0 Å². The van der Waals surface area contributed by atoms with Crippen LogP contribution < -0.4 is 10.6 Å². The molecule has 1 aromatic heterocycles. The molecule has 1 aliphatic rings. The highest BCUT2D eigenvalue weighted by molar-refractivity contribution is 7.80. The van der Waals surface area contributed by atoms with Gasteiger partial charge in [0.15, 0.2) is 5.11 Å². The van der Waals surface area contributed by atoms with Crippen molar-refractivity contribution >= 4 is 46.4 Å². The first-order valence-corrected chi connectivity index (χ1v) is 9.67. The summed E-state index contributed by atoms with van der Waals surface area (Å²) in [4.78, 5) is 4.39. The van der Waals surface area contributed by atoms with Crippen LogP contribution in [0, 0.1) is 6.92 Å². The Hall–Kier alpha value is -1.40. The second-order valence-electron chi connectivity index (χ2n) is 6.47. The van der Waals surface area contributed by atoms with E-state index in [2.05, 4.69) is 21.7 Å². The minimum absolute atomic E-state index is 0.0573. The molecular formula is C19H21Cl2N3OS. The molecule has 0 aliphatic carbocycles. The highest BCUT2D eigenvalue weighted by Gasteiger charge is 2.34. The number of thiocarbonyl (C=S) groups is 1. The Bertz CT molecular complexity index is 794. The molecule has 26 heavy (non-hydrogen) atoms. The highest BCUT2D eigenvalue weighted by atomic mass is 35.5. The summed E-state index contributed by atoms with van der Waals surface area (Å²) in [5.41, 5.74) is 1.92. The summed E-state index contributed by atoms with van der Waals surface area (Å²) in [7, 11) is 0. The van der Waals surface area contributed by atoms with Gasteiger partial charge in [-0.15, -0.1) is 0 Å². The predicted molar refractivity (Wildman–Crippen MR) is 111 cm³/mol. The third-order valence-electron chi connectivity index (χ3n) is 4.74. The third kappa shape index (κ3) is 4.65. The van der Waals surface area contributed by atoms with Crippen molar-refractivity contribution in [3.05, 3.63) is 57.7 Å². The zero-order valence-corrected chi connectivity index (χ0v) is 16.8. The van der Waals surface area contributed by atoms with Gasteiger partial charge in [0.05, 0.1) is 10.7 Å². The number of aromatic nitrogens is 1. The van der Waals surface area contributed by atoms with Gasteiger partial charge in [-0.25, -0.2) is 4.98 Å². The summed E-state index contributed by atoms with van der Waals surface area (Å²) in [6, 6.07) is 11.7. The maximum atomic E-state index is 6.21. The van der Waals surface area contributed by atoms with E-state index in [1.54, 1.807) is 6.07 Å². The second kappa shape index (κ2) is 8.53. The molecule has 1 aliphatic heterocycles. The number of pyridine rings is 1. The number of aryl methyl sites for hydroxylation is 1. The number of benzene rings is 1. The monoisotopic (exact) mass is 409 g/mol. The molecule has 1 saturated heterocycles. The molecule has 0 radical (unpaired) electrons. The fourth-order valence-electron chi connectivity index (χ4n) is 3.17. The quantitative estimate of drug-likeness (QED) is 0.714. The molecule has 2 N–H and O–H groups in total. The van der Waals surface area contributed by atoms with Crippen molar-refractivity contribution in [1.82, 2.24) is 10.3 Å². The van der Waals surface area contributed by atoms with Crippen molar-refractivity contribution in [3.63, 3.8) is 0 Å². The molecule has 0 atom stereocenters. The van der Waals surface area contributed by atoms with Gasteiger partial charge in [-0.2, -0.15) is 0 Å². The molecular weight excluding hydrogens is 389 g/mol. The summed E-state index contributed by atoms with van der Waals surface area (Å²) in [6.45, 7) is 4.02. The number of hydrogen-bond acceptors (Lipinski definition) is 3. The number of anilines is 1. The standard InChI is InChI=1S/C19H21Cl2N3OS/c1-13-16(21)5-6-17(23-13)24-18(26)22-12-19(7-9-25-10-8-19)14-3-2-4-15(20)11-14/h2-6,11H,7-10,12H2,1H3,(H2,22,23,24,26). The van der Waals surface area contributed by atoms with E-state index in [0.29, 0.717) is 22.5 Å². The fraction of sp³-hybridized carbons (Fsp3) is 0.368. The van der Waals surface area contributed by atoms with E-state index in [4.69, 9.17) is 40.2 Å². The Labute approximate surface area is 169 Å². The van der Waals surface area contributed by atoms with E-state index < -0.39 is 0 Å². The SMILES string of the molecule is Cc1nc(NC(=S)NCC2(c3cccc(Cl)c3)CCOCC2)ccc1Cl. The van der Waals surface area contributed by atoms with Gasteiger partial charge < -0.3 is 15.4 Å². The van der Waals surface area contributed by atoms with Crippen molar-refractivity contribution in [2.45, 2.75) is 25.2 Å². The number of hydrogen-bond donors (Lipinski definition) is 2. The van der Waals surface area contributed by atoms with E-state index >= 15 is 0 Å². The largest absolute Gasteiger partial charge is 0.381 e. The molecule has 0 amide bonds. The van der Waals surface area contributed by atoms with E-state index in [9.17, 15) is 0 Å². The van der Waals surface area contributed by atoms with E-state index in [1.165, 1.54) is 5.56 Å². The van der Waals surface area contributed by atoms with Crippen molar-refractivity contribution in [2.24, 2.45) is 0 Å². The Morgan fingerprint density at radius 3 is 2.69 bits per heavy atom. The zero-order chi connectivity index (χ0) is 18.6. The predicted octanol–water partition coefficient (Wildman–Crippen LogP) is 4.73. The molecule has 2 heterocycles. The number of nitrogens with zero attached hydrogens (tertiary/aromatic N) is 1. The van der Waals surface area contributed by atoms with E-state index in [0.717, 1.165) is 36.8 Å². The lowest BCUT2D eigenvalue weighted by molar-refractivity contribution is 0.0515. The number of halogens is 2. The minimum Gasteiger partial charge on any atom is -0.381 e. The summed E-state index contributed by atoms with van der Waals surface area (Å²) < 4.78 is 5.57. The molecule has 0 unspecified atom stereocenters. The second-order valence-corrected chi connectivity index (χ2v) is 7.73. The topological polar surface area (TPSA) is 46.2 Å². The number of nitrogens with one attached hydrogen (secondary N) is 2. The minimum atomic E-state index is -0.0573. The Morgan fingerprint density at radius 1 is 1.23 bits per heavy atom. The van der Waals surface area contributed by atoms with Crippen LogP contribution >= 0.6 is 35.4 Å². The highest BCUT2D eigenvalue weighted by Crippen LogP contribution is 2.35. The van der Waals surface area contributed by atoms with Crippen molar-refractivity contribution in [2.75, 3.05) is 25.1 Å². The molecule has 1 fully saturated rings. The lowest BCUT2D eigenvalue weighted by Crippen LogP contribution is -2.45. The molecule has 1 aromatic carbocycles. The summed E-state index contributed by atoms with van der Waals surface area (Å²) in [5.74, 6) is 0.674. The lowest BCUT2D eigenvalue weighted by atomic mass is 9.74. The molecule has 0 saturated carbocycles. The van der Waals surface area contributed by atoms with Gasteiger partial charge in [0, 0.05) is 30.2 Å². The molecule has 4 nitrogen and oxygen atoms in total. The van der Waals surface area contributed by atoms with Crippen molar-refractivity contribution < 1.29 is 4.74 Å². The fourth-order valence-corrected chi connectivity index (χ4v) is 3.64. The first-order chi connectivity index (χ1) is 12.5. The van der Waals surface area contributed by atoms with Crippen LogP contribution in [-0.4, -0.2) is 29.9 Å². The van der Waals surface area contributed by atoms with Crippen LogP contribution in [-0.2, 0) is 10.2 Å². The molecule has 2 aromatic rings. The van der Waals surface area contributed by atoms with Crippen molar-refractivity contribution in [1.29, 1.82) is 0 Å². The lowest BCUT2D eigenvalue weighted by Gasteiger charge is -2.38. The maximum Gasteiger partial charge on any atom is 0.171 e. The van der Waals surface area contributed by atoms with Crippen LogP contribution in [0.5, 0.6) is 0 Å². The Morgan fingerprint density at radius 2 is 2.00 bits per heavy atom. The zero-order valence-electron chi connectivity index (χ0n) is 14.5. The van der Waals surface area contributed by atoms with Gasteiger partial charge in [-0.05, 0) is 61.8 Å². The number of ether oxygens (including phenoxy) is 1. The van der Waals surface area contributed by atoms with Gasteiger partial charge in [0.25, 0.3) is 0 Å². The summed E-state index contributed by atoms with van der Waals surface area (Å²) >= 11 is 17.7. The van der Waals surface area contributed by atoms with Gasteiger partial charge >= 0.3 is 0 Å². The van der Waals surface area contributed by atoms with Crippen LogP contribution in [0.1, 0.15) is 24.1 Å². The van der Waals surface area contributed by atoms with Gasteiger partial charge in [-0.3, -0.25) is 0 Å². The Kier molecular flexibility index (Phi) is 6.35. The van der Waals surface area contributed by atoms with Crippen molar-refractivity contribution in [3.8, 4) is 0 Å². The molecule has 138 valence electrons. The molecule has 0 bridgehead atoms. The summed E-state index contributed by atoms with van der Waals surface area (Å²) in [6.07, 6.45) is 1.84. The molecule has 7 heteroatoms. The first-order valence-electron chi connectivity index (χ1n) is 8.50. The van der Waals surface area contributed by atoms with Gasteiger partial charge in [0.1, 0.15) is 5.82 Å². The average molecular weight is 410 g/mol. The van der Waals surface area contributed by atoms with Gasteiger partial charge in [0.2, 0.25) is 0 Å². The Balaban J connectivity index is 1.69. The number of rotatable bonds is 4. The van der Waals surface area contributed by atoms with E-state index in [1.807, 2.05) is 31.2 Å². The average Bonchev–Trinajstić information content (AvgIpc) is 2.64. The third-order valence-corrected chi connectivity index (χ3v) is 5.62. The molecule has 0 spiro atoms. The van der Waals surface area contributed by atoms with Crippen LogP contribution in [0.4, 0.5) is 5.82 Å². The van der Waals surface area contributed by atoms with Gasteiger partial charge in [-0.1, -0.05) is 35.3 Å². The van der Waals surface area contributed by atoms with Crippen LogP contribution in [0.2, 0.25) is 10.0 Å². The normalized spacial score (nSPS) is 16.1. The first kappa shape index (κ1) is 19.4. The smallest absolute Gasteiger partial charge is 0.171 e.